The third-order valence-corrected chi connectivity index (χ3v) is 7.80. The van der Waals surface area contributed by atoms with Crippen molar-refractivity contribution in [2.75, 3.05) is 0 Å². The van der Waals surface area contributed by atoms with Gasteiger partial charge >= 0.3 is 5.97 Å². The molecule has 2 aromatic rings. The van der Waals surface area contributed by atoms with Crippen molar-refractivity contribution in [1.82, 2.24) is 0 Å². The Kier molecular flexibility index (Phi) is 4.49. The lowest BCUT2D eigenvalue weighted by atomic mass is 9.50. The van der Waals surface area contributed by atoms with Crippen LogP contribution >= 0.6 is 0 Å². The molecule has 0 saturated heterocycles. The Morgan fingerprint density at radius 1 is 0.966 bits per heavy atom. The highest BCUT2D eigenvalue weighted by Gasteiger charge is 2.50. The Bertz CT molecular complexity index is 954. The van der Waals surface area contributed by atoms with Crippen LogP contribution in [0, 0.1) is 17.8 Å². The van der Waals surface area contributed by atoms with Crippen molar-refractivity contribution in [2.45, 2.75) is 50.4 Å². The number of benzene rings is 2. The highest BCUT2D eigenvalue weighted by molar-refractivity contribution is 5.85. The summed E-state index contributed by atoms with van der Waals surface area (Å²) in [4.78, 5) is 10.7. The van der Waals surface area contributed by atoms with E-state index in [2.05, 4.69) is 6.07 Å². The minimum atomic E-state index is -0.941. The van der Waals surface area contributed by atoms with Crippen LogP contribution in [0.25, 0.3) is 17.2 Å². The van der Waals surface area contributed by atoms with Gasteiger partial charge in [0, 0.05) is 11.6 Å². The van der Waals surface area contributed by atoms with E-state index in [9.17, 15) is 9.90 Å². The van der Waals surface area contributed by atoms with Crippen molar-refractivity contribution in [2.24, 2.45) is 17.8 Å². The molecule has 150 valence electrons. The fourth-order valence-corrected chi connectivity index (χ4v) is 6.49. The lowest BCUT2D eigenvalue weighted by Gasteiger charge is -2.55. The van der Waals surface area contributed by atoms with Crippen molar-refractivity contribution in [3.63, 3.8) is 0 Å². The van der Waals surface area contributed by atoms with Gasteiger partial charge in [0.05, 0.1) is 0 Å². The van der Waals surface area contributed by atoms with Gasteiger partial charge in [0.1, 0.15) is 5.75 Å². The topological polar surface area (TPSA) is 57.5 Å². The van der Waals surface area contributed by atoms with Crippen LogP contribution < -0.4 is 0 Å². The number of carbonyl (C=O) groups is 1. The Balaban J connectivity index is 1.47. The molecule has 3 aliphatic carbocycles. The second-order valence-corrected chi connectivity index (χ2v) is 9.45. The Morgan fingerprint density at radius 2 is 1.76 bits per heavy atom. The molecule has 2 aromatic carbocycles. The lowest BCUT2D eigenvalue weighted by Crippen LogP contribution is -2.46. The molecule has 4 unspecified atom stereocenters. The first-order valence-corrected chi connectivity index (χ1v) is 10.9. The van der Waals surface area contributed by atoms with E-state index in [0.29, 0.717) is 5.75 Å². The third kappa shape index (κ3) is 3.37. The van der Waals surface area contributed by atoms with Gasteiger partial charge in [-0.25, -0.2) is 4.79 Å². The standard InChI is InChI=1S/C26H28O3/c27-24-9-8-21(19-5-1-17(2-6-19)4-10-25(28)29)14-23(24)26-12-11-20-7-3-18(15-26)13-22(20)16-26/h1-2,4-6,8-10,14,18,20,22,27H,3,7,11-13,15-16H2,(H,28,29)/b10-4+. The van der Waals surface area contributed by atoms with E-state index < -0.39 is 5.97 Å². The number of aromatic hydroxyl groups is 1. The minimum Gasteiger partial charge on any atom is -0.508 e. The minimum absolute atomic E-state index is 0.148. The summed E-state index contributed by atoms with van der Waals surface area (Å²) in [6, 6.07) is 14.0. The zero-order chi connectivity index (χ0) is 20.0. The van der Waals surface area contributed by atoms with Crippen LogP contribution in [0.4, 0.5) is 0 Å². The molecule has 3 aliphatic rings. The highest BCUT2D eigenvalue weighted by atomic mass is 16.4. The summed E-state index contributed by atoms with van der Waals surface area (Å²) in [7, 11) is 0. The normalized spacial score (nSPS) is 30.6. The molecule has 5 rings (SSSR count). The van der Waals surface area contributed by atoms with E-state index in [0.717, 1.165) is 46.1 Å². The van der Waals surface area contributed by atoms with Crippen molar-refractivity contribution < 1.29 is 15.0 Å². The van der Waals surface area contributed by atoms with Crippen molar-refractivity contribution >= 4 is 12.0 Å². The van der Waals surface area contributed by atoms with Gasteiger partial charge in [-0.3, -0.25) is 0 Å². The van der Waals surface area contributed by atoms with E-state index in [1.807, 2.05) is 36.4 Å². The molecular weight excluding hydrogens is 360 g/mol. The number of fused-ring (bicyclic) bond motifs is 2. The molecule has 0 aliphatic heterocycles. The molecule has 29 heavy (non-hydrogen) atoms. The zero-order valence-electron chi connectivity index (χ0n) is 16.7. The summed E-state index contributed by atoms with van der Waals surface area (Å²) in [5.41, 5.74) is 4.39. The fourth-order valence-electron chi connectivity index (χ4n) is 6.49. The number of rotatable bonds is 4. The number of carboxylic acid groups (broad SMARTS) is 1. The van der Waals surface area contributed by atoms with Gasteiger partial charge in [-0.2, -0.15) is 0 Å². The molecular formula is C26H28O3. The summed E-state index contributed by atoms with van der Waals surface area (Å²) in [6.07, 6.45) is 11.9. The van der Waals surface area contributed by atoms with Crippen LogP contribution in [0.15, 0.2) is 48.5 Å². The lowest BCUT2D eigenvalue weighted by molar-refractivity contribution is -0.131. The number of phenolic OH excluding ortho intramolecular Hbond substituents is 1. The number of aliphatic carboxylic acids is 1. The van der Waals surface area contributed by atoms with Gasteiger partial charge in [0.25, 0.3) is 0 Å². The predicted octanol–water partition coefficient (Wildman–Crippen LogP) is 6.01. The molecule has 3 bridgehead atoms. The summed E-state index contributed by atoms with van der Waals surface area (Å²) in [6.45, 7) is 0. The molecule has 3 fully saturated rings. The third-order valence-electron chi connectivity index (χ3n) is 7.80. The van der Waals surface area contributed by atoms with E-state index in [1.165, 1.54) is 44.9 Å². The van der Waals surface area contributed by atoms with Crippen molar-refractivity contribution in [3.05, 3.63) is 59.7 Å². The molecule has 0 heterocycles. The number of carboxylic acids is 1. The summed E-state index contributed by atoms with van der Waals surface area (Å²) < 4.78 is 0. The zero-order valence-corrected chi connectivity index (χ0v) is 16.7. The van der Waals surface area contributed by atoms with E-state index >= 15 is 0 Å². The first kappa shape index (κ1) is 18.5. The maximum absolute atomic E-state index is 10.8. The number of hydrogen-bond donors (Lipinski definition) is 2. The molecule has 0 aromatic heterocycles. The van der Waals surface area contributed by atoms with Crippen molar-refractivity contribution in [1.29, 1.82) is 0 Å². The predicted molar refractivity (Wildman–Crippen MR) is 115 cm³/mol. The molecule has 2 N–H and O–H groups in total. The second kappa shape index (κ2) is 7.05. The maximum Gasteiger partial charge on any atom is 0.328 e. The summed E-state index contributed by atoms with van der Waals surface area (Å²) in [5.74, 6) is 2.10. The molecule has 0 radical (unpaired) electrons. The van der Waals surface area contributed by atoms with Crippen LogP contribution in [-0.2, 0) is 10.2 Å². The molecule has 3 nitrogen and oxygen atoms in total. The van der Waals surface area contributed by atoms with Gasteiger partial charge in [-0.1, -0.05) is 36.8 Å². The van der Waals surface area contributed by atoms with Crippen LogP contribution in [0.1, 0.15) is 56.1 Å². The quantitative estimate of drug-likeness (QED) is 0.630. The number of phenols is 1. The average Bonchev–Trinajstić information content (AvgIpc) is 2.71. The fraction of sp³-hybridized carbons (Fsp3) is 0.423. The molecule has 3 saturated carbocycles. The van der Waals surface area contributed by atoms with Gasteiger partial charge in [-0.05, 0) is 96.6 Å². The monoisotopic (exact) mass is 388 g/mol. The van der Waals surface area contributed by atoms with Gasteiger partial charge < -0.3 is 10.2 Å². The van der Waals surface area contributed by atoms with Gasteiger partial charge in [0.2, 0.25) is 0 Å². The SMILES string of the molecule is O=C(O)/C=C/c1ccc(-c2ccc(O)c(C34CCC5CCC(CC5C3)C4)c2)cc1. The second-order valence-electron chi connectivity index (χ2n) is 9.45. The van der Waals surface area contributed by atoms with E-state index in [-0.39, 0.29) is 5.41 Å². The highest BCUT2D eigenvalue weighted by Crippen LogP contribution is 2.60. The first-order chi connectivity index (χ1) is 14.0. The maximum atomic E-state index is 10.8. The van der Waals surface area contributed by atoms with Crippen LogP contribution in [-0.4, -0.2) is 16.2 Å². The molecule has 0 amide bonds. The summed E-state index contributed by atoms with van der Waals surface area (Å²) >= 11 is 0. The number of hydrogen-bond acceptors (Lipinski definition) is 2. The Labute approximate surface area is 172 Å². The smallest absolute Gasteiger partial charge is 0.328 e. The molecule has 3 heteroatoms. The molecule has 4 atom stereocenters. The van der Waals surface area contributed by atoms with E-state index in [4.69, 9.17) is 5.11 Å². The van der Waals surface area contributed by atoms with Crippen LogP contribution in [0.5, 0.6) is 5.75 Å². The Hall–Kier alpha value is -2.55. The van der Waals surface area contributed by atoms with Crippen LogP contribution in [0.3, 0.4) is 0 Å². The molecule has 0 spiro atoms. The Morgan fingerprint density at radius 3 is 2.55 bits per heavy atom. The van der Waals surface area contributed by atoms with Gasteiger partial charge in [-0.15, -0.1) is 0 Å². The average molecular weight is 389 g/mol. The van der Waals surface area contributed by atoms with Crippen molar-refractivity contribution in [3.8, 4) is 16.9 Å². The van der Waals surface area contributed by atoms with Crippen LogP contribution in [0.2, 0.25) is 0 Å². The summed E-state index contributed by atoms with van der Waals surface area (Å²) in [5, 5.41) is 19.6. The van der Waals surface area contributed by atoms with Gasteiger partial charge in [0.15, 0.2) is 0 Å². The largest absolute Gasteiger partial charge is 0.508 e. The first-order valence-electron chi connectivity index (χ1n) is 10.9. The van der Waals surface area contributed by atoms with E-state index in [1.54, 1.807) is 6.08 Å².